The van der Waals surface area contributed by atoms with E-state index >= 15 is 0 Å². The van der Waals surface area contributed by atoms with Gasteiger partial charge in [-0.25, -0.2) is 27.7 Å². The molecule has 60 heavy (non-hydrogen) atoms. The first-order valence-electron chi connectivity index (χ1n) is 21.0. The predicted octanol–water partition coefficient (Wildman–Crippen LogP) is 7.30. The Balaban J connectivity index is 0.00000683. The first-order valence-corrected chi connectivity index (χ1v) is 22.9. The van der Waals surface area contributed by atoms with Crippen molar-refractivity contribution in [2.45, 2.75) is 119 Å². The minimum absolute atomic E-state index is 0. The van der Waals surface area contributed by atoms with Crippen molar-refractivity contribution in [2.24, 2.45) is 45.5 Å². The van der Waals surface area contributed by atoms with Gasteiger partial charge in [0.2, 0.25) is 15.9 Å². The molecule has 15 heteroatoms. The number of sulfonamides is 1. The van der Waals surface area contributed by atoms with Gasteiger partial charge in [-0.15, -0.1) is 0 Å². The van der Waals surface area contributed by atoms with E-state index in [1.54, 1.807) is 18.7 Å². The van der Waals surface area contributed by atoms with Gasteiger partial charge in [-0.2, -0.15) is 4.99 Å². The summed E-state index contributed by atoms with van der Waals surface area (Å²) in [5.41, 5.74) is 2.87. The summed E-state index contributed by atoms with van der Waals surface area (Å²) < 4.78 is 39.1. The Hall–Kier alpha value is -3.94. The van der Waals surface area contributed by atoms with E-state index in [1.807, 2.05) is 30.3 Å². The number of anilines is 1. The fourth-order valence-electron chi connectivity index (χ4n) is 9.98. The maximum Gasteiger partial charge on any atom is 0.342 e. The molecule has 2 aliphatic carbocycles. The third-order valence-corrected chi connectivity index (χ3v) is 13.2. The van der Waals surface area contributed by atoms with Gasteiger partial charge in [0, 0.05) is 31.5 Å². The number of allylic oxidation sites excluding steroid dienone is 1. The standard InChI is InChI=1S/C45H61N5O8S.Zn/c1-23-19-25(3)39(26(4)20-23)57-44(53)34-29(7)37(46-41(34)48-43(52)31(9)49-59(10,55)56)36(32-15-12-11-13-16-32)38-30(8)35(42(47-38)50-18-14-17-33(50)51)45(54)58-40-27(5)21-24(2)22-28(40)6;/h11-13,15-16,23-28,31,39-40,49H,14,17-22H2,1-10H3,(H2,46,47,48,52,53,54);/p-1. The number of benzene rings is 1. The van der Waals surface area contributed by atoms with Crippen LogP contribution in [0.25, 0.3) is 5.57 Å². The number of esters is 2. The van der Waals surface area contributed by atoms with E-state index in [0.717, 1.165) is 31.9 Å². The Morgan fingerprint density at radius 2 is 1.45 bits per heavy atom. The number of carbonyl (C=O) groups is 3. The van der Waals surface area contributed by atoms with Crippen LogP contribution >= 0.6 is 0 Å². The van der Waals surface area contributed by atoms with Crippen molar-refractivity contribution >= 4 is 51.0 Å². The van der Waals surface area contributed by atoms with Crippen molar-refractivity contribution in [3.05, 3.63) is 69.6 Å². The summed E-state index contributed by atoms with van der Waals surface area (Å²) in [5.74, 6) is -0.441. The summed E-state index contributed by atoms with van der Waals surface area (Å²) in [6.07, 6.45) is 4.87. The number of aliphatic hydroxyl groups excluding tert-OH is 1. The van der Waals surface area contributed by atoms with Crippen molar-refractivity contribution in [1.29, 1.82) is 0 Å². The van der Waals surface area contributed by atoms with E-state index in [0.29, 0.717) is 64.9 Å². The number of amides is 1. The van der Waals surface area contributed by atoms with E-state index < -0.39 is 33.9 Å². The molecule has 0 spiro atoms. The van der Waals surface area contributed by atoms with Crippen LogP contribution in [-0.4, -0.2) is 74.2 Å². The molecule has 4 aliphatic rings. The monoisotopic (exact) mass is 894 g/mol. The number of aliphatic imine (C=N–C) groups is 2. The molecule has 2 saturated carbocycles. The normalized spacial score (nSPS) is 28.9. The molecule has 0 radical (unpaired) electrons. The largest absolute Gasteiger partial charge is 0.495 e. The van der Waals surface area contributed by atoms with E-state index in [2.05, 4.69) is 51.3 Å². The Morgan fingerprint density at radius 1 is 0.917 bits per heavy atom. The van der Waals surface area contributed by atoms with Crippen LogP contribution in [0.15, 0.2) is 57.2 Å². The summed E-state index contributed by atoms with van der Waals surface area (Å²) in [6, 6.07) is 8.16. The molecule has 1 amide bonds. The smallest absolute Gasteiger partial charge is 0.342 e. The first-order chi connectivity index (χ1) is 27.7. The van der Waals surface area contributed by atoms with Crippen molar-refractivity contribution in [2.75, 3.05) is 17.7 Å². The van der Waals surface area contributed by atoms with Crippen molar-refractivity contribution in [3.8, 4) is 0 Å². The molecular weight excluding hydrogens is 836 g/mol. The number of aromatic nitrogens is 1. The minimum atomic E-state index is -3.74. The van der Waals surface area contributed by atoms with Gasteiger partial charge < -0.3 is 24.5 Å². The number of ether oxygens (including phenoxy) is 2. The minimum Gasteiger partial charge on any atom is -0.495 e. The van der Waals surface area contributed by atoms with Crippen molar-refractivity contribution < 1.29 is 56.9 Å². The van der Waals surface area contributed by atoms with Gasteiger partial charge in [-0.1, -0.05) is 71.9 Å². The molecule has 6 rings (SSSR count). The number of nitrogens with zero attached hydrogens (tertiary/aromatic N) is 4. The van der Waals surface area contributed by atoms with Crippen LogP contribution < -0.4 is 14.6 Å². The molecule has 1 saturated heterocycles. The van der Waals surface area contributed by atoms with Gasteiger partial charge in [-0.3, -0.25) is 4.79 Å². The second-order valence-corrected chi connectivity index (χ2v) is 19.6. The van der Waals surface area contributed by atoms with E-state index in [9.17, 15) is 27.9 Å². The van der Waals surface area contributed by atoms with Crippen LogP contribution in [0, 0.1) is 42.4 Å². The molecule has 1 aromatic carbocycles. The van der Waals surface area contributed by atoms with Gasteiger partial charge in [0.05, 0.1) is 23.6 Å². The zero-order valence-corrected chi connectivity index (χ0v) is 40.5. The van der Waals surface area contributed by atoms with Gasteiger partial charge >= 0.3 is 11.9 Å². The Morgan fingerprint density at radius 3 is 1.95 bits per heavy atom. The zero-order valence-electron chi connectivity index (χ0n) is 36.7. The van der Waals surface area contributed by atoms with Crippen LogP contribution in [0.3, 0.4) is 0 Å². The summed E-state index contributed by atoms with van der Waals surface area (Å²) in [6.45, 7) is 18.1. The maximum atomic E-state index is 14.5. The van der Waals surface area contributed by atoms with Gasteiger partial charge in [0.15, 0.2) is 5.84 Å². The molecule has 0 bridgehead atoms. The second-order valence-electron chi connectivity index (χ2n) is 17.8. The average molecular weight is 896 g/mol. The molecule has 3 heterocycles. The van der Waals surface area contributed by atoms with E-state index in [1.165, 1.54) is 6.92 Å². The number of rotatable bonds is 10. The first kappa shape index (κ1) is 47.1. The third-order valence-electron chi connectivity index (χ3n) is 12.4. The van der Waals surface area contributed by atoms with E-state index in [4.69, 9.17) is 19.5 Å². The van der Waals surface area contributed by atoms with Crippen LogP contribution in [-0.2, 0) is 48.6 Å². The number of hydrogen-bond donors (Lipinski definition) is 2. The predicted molar refractivity (Wildman–Crippen MR) is 229 cm³/mol. The molecule has 5 atom stereocenters. The third kappa shape index (κ3) is 10.1. The quantitative estimate of drug-likeness (QED) is 0.107. The fourth-order valence-corrected chi connectivity index (χ4v) is 10.7. The Kier molecular flexibility index (Phi) is 14.9. The molecule has 2 N–H and O–H groups in total. The van der Waals surface area contributed by atoms with Gasteiger partial charge in [-0.05, 0) is 123 Å². The van der Waals surface area contributed by atoms with Crippen LogP contribution in [0.2, 0.25) is 0 Å². The number of hydrogen-bond acceptors (Lipinski definition) is 9. The molecule has 1 aromatic heterocycles. The van der Waals surface area contributed by atoms with Crippen LogP contribution in [0.1, 0.15) is 121 Å². The zero-order chi connectivity index (χ0) is 43.1. The molecule has 5 unspecified atom stereocenters. The SMILES string of the molecule is CC1=C(C(=O)OC2C(C)CC(C)CC2C)C(N=C(O)C(C)NS(C)(=O)=O)=NC1=C(c1ccccc1)c1[n-]c(N2CCCC2=O)c(C(=O)OC2C(C)CC(C)CC2C)c1C.[Zn]. The van der Waals surface area contributed by atoms with E-state index in [-0.39, 0.29) is 84.1 Å². The molecule has 13 nitrogen and oxygen atoms in total. The summed E-state index contributed by atoms with van der Waals surface area (Å²) in [4.78, 5) is 58.2. The number of carbonyl (C=O) groups excluding carboxylic acids is 3. The molecule has 2 aromatic rings. The molecule has 322 valence electrons. The maximum absolute atomic E-state index is 14.5. The Labute approximate surface area is 367 Å². The van der Waals surface area contributed by atoms with Crippen molar-refractivity contribution in [1.82, 2.24) is 9.71 Å². The van der Waals surface area contributed by atoms with Crippen molar-refractivity contribution in [3.63, 3.8) is 0 Å². The summed E-state index contributed by atoms with van der Waals surface area (Å²) in [7, 11) is -3.74. The fraction of sp³-hybridized carbons (Fsp3) is 0.578. The topological polar surface area (TPSA) is 178 Å². The number of aliphatic hydroxyl groups is 1. The number of nitrogens with one attached hydrogen (secondary N) is 1. The molecule has 3 fully saturated rings. The molecular formula is C45H60N5O8SZn-. The average Bonchev–Trinajstić information content (AvgIpc) is 3.81. The van der Waals surface area contributed by atoms with Gasteiger partial charge in [0.25, 0.3) is 0 Å². The van der Waals surface area contributed by atoms with Gasteiger partial charge in [0.1, 0.15) is 23.7 Å². The Bertz CT molecular complexity index is 2190. The number of amidine groups is 1. The van der Waals surface area contributed by atoms with Crippen LogP contribution in [0.5, 0.6) is 0 Å². The van der Waals surface area contributed by atoms with Crippen LogP contribution in [0.4, 0.5) is 5.82 Å². The summed E-state index contributed by atoms with van der Waals surface area (Å²) in [5, 5.41) is 11.1. The molecule has 2 aliphatic heterocycles. The second kappa shape index (κ2) is 19.0. The summed E-state index contributed by atoms with van der Waals surface area (Å²) >= 11 is 0.